The van der Waals surface area contributed by atoms with E-state index in [0.29, 0.717) is 22.5 Å². The molecule has 2 heterocycles. The molecule has 1 aromatic carbocycles. The molecular weight excluding hydrogens is 450 g/mol. The van der Waals surface area contributed by atoms with Gasteiger partial charge in [0.15, 0.2) is 0 Å². The molecule has 0 spiro atoms. The molecule has 25 heavy (non-hydrogen) atoms. The first kappa shape index (κ1) is 17.5. The summed E-state index contributed by atoms with van der Waals surface area (Å²) >= 11 is 2.10. The molecule has 0 saturated heterocycles. The fourth-order valence-electron chi connectivity index (χ4n) is 2.47. The summed E-state index contributed by atoms with van der Waals surface area (Å²) in [5.74, 6) is -1.69. The zero-order chi connectivity index (χ0) is 18.2. The topological polar surface area (TPSA) is 67.0 Å². The largest absolute Gasteiger partial charge is 0.481 e. The number of hydrogen-bond donors (Lipinski definition) is 2. The highest BCUT2D eigenvalue weighted by Gasteiger charge is 2.38. The van der Waals surface area contributed by atoms with Gasteiger partial charge in [0.1, 0.15) is 0 Å². The van der Waals surface area contributed by atoms with Gasteiger partial charge in [-0.05, 0) is 52.4 Å². The molecule has 3 rings (SSSR count). The van der Waals surface area contributed by atoms with E-state index in [1.807, 2.05) is 5.32 Å². The van der Waals surface area contributed by atoms with E-state index in [1.54, 1.807) is 24.5 Å². The number of fused-ring (bicyclic) bond motifs is 1. The number of nitrogens with one attached hydrogen (secondary N) is 2. The summed E-state index contributed by atoms with van der Waals surface area (Å²) in [7, 11) is 1.46. The molecule has 2 N–H and O–H groups in total. The van der Waals surface area contributed by atoms with Crippen molar-refractivity contribution in [3.63, 3.8) is 0 Å². The number of carbonyl (C=O) groups excluding carboxylic acids is 1. The highest BCUT2D eigenvalue weighted by molar-refractivity contribution is 14.1. The summed E-state index contributed by atoms with van der Waals surface area (Å²) in [5, 5.41) is 2.66. The summed E-state index contributed by atoms with van der Waals surface area (Å²) in [4.78, 5) is 18.4. The smallest absolute Gasteiger partial charge is 0.471 e. The average molecular weight is 461 g/mol. The van der Waals surface area contributed by atoms with Gasteiger partial charge in [0, 0.05) is 32.6 Å². The van der Waals surface area contributed by atoms with Crippen LogP contribution in [0.4, 0.5) is 18.9 Å². The van der Waals surface area contributed by atoms with Crippen molar-refractivity contribution in [1.82, 2.24) is 9.97 Å². The van der Waals surface area contributed by atoms with Crippen LogP contribution in [0.2, 0.25) is 0 Å². The van der Waals surface area contributed by atoms with Crippen molar-refractivity contribution in [2.24, 2.45) is 0 Å². The number of benzene rings is 1. The van der Waals surface area contributed by atoms with E-state index >= 15 is 0 Å². The second-order valence-electron chi connectivity index (χ2n) is 5.09. The highest BCUT2D eigenvalue weighted by atomic mass is 127. The Hall–Kier alpha value is -2.30. The number of rotatable bonds is 3. The Bertz CT molecular complexity index is 953. The third-order valence-electron chi connectivity index (χ3n) is 3.51. The van der Waals surface area contributed by atoms with E-state index in [2.05, 4.69) is 32.6 Å². The van der Waals surface area contributed by atoms with Gasteiger partial charge < -0.3 is 15.0 Å². The first-order chi connectivity index (χ1) is 11.8. The normalized spacial score (nSPS) is 11.6. The second kappa shape index (κ2) is 6.54. The lowest BCUT2D eigenvalue weighted by atomic mass is 10.0. The predicted molar refractivity (Wildman–Crippen MR) is 95.5 cm³/mol. The van der Waals surface area contributed by atoms with Crippen LogP contribution in [0.25, 0.3) is 22.0 Å². The summed E-state index contributed by atoms with van der Waals surface area (Å²) in [5.41, 5.74) is 1.84. The van der Waals surface area contributed by atoms with Gasteiger partial charge in [-0.3, -0.25) is 4.79 Å². The molecule has 0 aliphatic rings. The molecule has 3 aromatic rings. The molecule has 0 fully saturated rings. The van der Waals surface area contributed by atoms with E-state index < -0.39 is 12.1 Å². The average Bonchev–Trinajstić information content (AvgIpc) is 3.01. The monoisotopic (exact) mass is 461 g/mol. The van der Waals surface area contributed by atoms with Gasteiger partial charge in [0.05, 0.1) is 12.7 Å². The molecule has 0 aliphatic carbocycles. The molecule has 0 bridgehead atoms. The van der Waals surface area contributed by atoms with Crippen molar-refractivity contribution in [1.29, 1.82) is 0 Å². The lowest BCUT2D eigenvalue weighted by Gasteiger charge is -2.14. The molecule has 5 nitrogen and oxygen atoms in total. The number of amides is 1. The Balaban J connectivity index is 2.19. The van der Waals surface area contributed by atoms with Crippen molar-refractivity contribution in [3.05, 3.63) is 40.2 Å². The molecule has 0 atom stereocenters. The first-order valence-corrected chi connectivity index (χ1v) is 8.07. The van der Waals surface area contributed by atoms with Crippen LogP contribution in [0.15, 0.2) is 36.7 Å². The van der Waals surface area contributed by atoms with E-state index in [1.165, 1.54) is 19.2 Å². The van der Waals surface area contributed by atoms with E-state index in [9.17, 15) is 18.0 Å². The fraction of sp³-hybridized carbons (Fsp3) is 0.125. The molecule has 1 amide bonds. The number of carbonyl (C=O) groups is 1. The molecule has 130 valence electrons. The number of ether oxygens (including phenoxy) is 1. The molecule has 0 aliphatic heterocycles. The van der Waals surface area contributed by atoms with Gasteiger partial charge in [-0.1, -0.05) is 0 Å². The number of halogens is 4. The maximum absolute atomic E-state index is 12.5. The zero-order valence-electron chi connectivity index (χ0n) is 12.7. The van der Waals surface area contributed by atoms with Crippen molar-refractivity contribution >= 4 is 45.1 Å². The van der Waals surface area contributed by atoms with Crippen molar-refractivity contribution in [2.45, 2.75) is 6.18 Å². The van der Waals surface area contributed by atoms with E-state index in [4.69, 9.17) is 4.74 Å². The maximum Gasteiger partial charge on any atom is 0.471 e. The minimum Gasteiger partial charge on any atom is -0.481 e. The van der Waals surface area contributed by atoms with Crippen molar-refractivity contribution in [2.75, 3.05) is 12.4 Å². The van der Waals surface area contributed by atoms with Gasteiger partial charge in [0.25, 0.3) is 0 Å². The molecule has 0 unspecified atom stereocenters. The highest BCUT2D eigenvalue weighted by Crippen LogP contribution is 2.39. The third-order valence-corrected chi connectivity index (χ3v) is 4.41. The minimum atomic E-state index is -4.97. The molecule has 0 radical (unpaired) electrons. The number of methoxy groups -OCH3 is 1. The van der Waals surface area contributed by atoms with Crippen LogP contribution in [0.5, 0.6) is 5.88 Å². The maximum atomic E-state index is 12.5. The van der Waals surface area contributed by atoms with E-state index in [0.717, 1.165) is 8.96 Å². The number of pyridine rings is 1. The summed E-state index contributed by atoms with van der Waals surface area (Å²) in [6.07, 6.45) is -1.72. The van der Waals surface area contributed by atoms with E-state index in [-0.39, 0.29) is 5.69 Å². The SMILES string of the molecule is COc1nccc(I)c1-c1cc(NC(=O)C(F)(F)F)cc2[nH]ccc12. The molecule has 2 aromatic heterocycles. The molecular formula is C16H11F3IN3O2. The Morgan fingerprint density at radius 3 is 2.76 bits per heavy atom. The Morgan fingerprint density at radius 1 is 1.32 bits per heavy atom. The Kier molecular flexibility index (Phi) is 4.58. The van der Waals surface area contributed by atoms with Crippen LogP contribution >= 0.6 is 22.6 Å². The fourth-order valence-corrected chi connectivity index (χ4v) is 3.15. The second-order valence-corrected chi connectivity index (χ2v) is 6.25. The molecule has 0 saturated carbocycles. The van der Waals surface area contributed by atoms with Crippen LogP contribution < -0.4 is 10.1 Å². The van der Waals surface area contributed by atoms with Crippen LogP contribution in [-0.2, 0) is 4.79 Å². The number of aromatic amines is 1. The van der Waals surface area contributed by atoms with Crippen LogP contribution in [0.1, 0.15) is 0 Å². The number of anilines is 1. The molecule has 9 heteroatoms. The van der Waals surface area contributed by atoms with Gasteiger partial charge in [-0.25, -0.2) is 4.98 Å². The predicted octanol–water partition coefficient (Wildman–Crippen LogP) is 4.34. The standard InChI is InChI=1S/C16H11F3IN3O2/c1-25-14-13(11(20)3-5-22-14)10-6-8(23-15(24)16(17,18)19)7-12-9(10)2-4-21-12/h2-7,21H,1H3,(H,23,24). The van der Waals surface area contributed by atoms with Gasteiger partial charge in [-0.15, -0.1) is 0 Å². The van der Waals surface area contributed by atoms with Crippen LogP contribution in [-0.4, -0.2) is 29.2 Å². The van der Waals surface area contributed by atoms with Gasteiger partial charge in [-0.2, -0.15) is 13.2 Å². The third kappa shape index (κ3) is 3.41. The number of H-pyrrole nitrogens is 1. The Labute approximate surface area is 153 Å². The summed E-state index contributed by atoms with van der Waals surface area (Å²) in [6.45, 7) is 0. The Morgan fingerprint density at radius 2 is 2.08 bits per heavy atom. The lowest BCUT2D eigenvalue weighted by molar-refractivity contribution is -0.167. The van der Waals surface area contributed by atoms with Gasteiger partial charge >= 0.3 is 12.1 Å². The first-order valence-electron chi connectivity index (χ1n) is 6.99. The number of hydrogen-bond acceptors (Lipinski definition) is 3. The van der Waals surface area contributed by atoms with Crippen molar-refractivity contribution < 1.29 is 22.7 Å². The van der Waals surface area contributed by atoms with Crippen LogP contribution in [0.3, 0.4) is 0 Å². The quantitative estimate of drug-likeness (QED) is 0.571. The number of aromatic nitrogens is 2. The lowest BCUT2D eigenvalue weighted by Crippen LogP contribution is -2.29. The van der Waals surface area contributed by atoms with Gasteiger partial charge in [0.2, 0.25) is 5.88 Å². The minimum absolute atomic E-state index is 0.0222. The number of alkyl halides is 3. The number of nitrogens with zero attached hydrogens (tertiary/aromatic N) is 1. The van der Waals surface area contributed by atoms with Crippen LogP contribution in [0, 0.1) is 3.57 Å². The summed E-state index contributed by atoms with van der Waals surface area (Å²) in [6, 6.07) is 6.47. The van der Waals surface area contributed by atoms with Crippen molar-refractivity contribution in [3.8, 4) is 17.0 Å². The zero-order valence-corrected chi connectivity index (χ0v) is 14.9. The summed E-state index contributed by atoms with van der Waals surface area (Å²) < 4.78 is 43.7.